The minimum atomic E-state index is 0.422. The number of pyridine rings is 1. The SMILES string of the molecule is Cc1cc(N2CC(N(C)c3ccc(C#N)nc3)C2)nc(C)n1. The van der Waals surface area contributed by atoms with Crippen molar-refractivity contribution in [1.29, 1.82) is 5.26 Å². The minimum Gasteiger partial charge on any atom is -0.367 e. The van der Waals surface area contributed by atoms with Crippen LogP contribution in [0.4, 0.5) is 11.5 Å². The van der Waals surface area contributed by atoms with Crippen LogP contribution in [0.1, 0.15) is 17.2 Å². The van der Waals surface area contributed by atoms with Gasteiger partial charge in [-0.3, -0.25) is 0 Å². The van der Waals surface area contributed by atoms with Crippen LogP contribution in [0.3, 0.4) is 0 Å². The van der Waals surface area contributed by atoms with Gasteiger partial charge in [-0.15, -0.1) is 0 Å². The summed E-state index contributed by atoms with van der Waals surface area (Å²) in [6.07, 6.45) is 1.75. The summed E-state index contributed by atoms with van der Waals surface area (Å²) in [7, 11) is 2.06. The first-order valence-corrected chi connectivity index (χ1v) is 7.23. The van der Waals surface area contributed by atoms with Gasteiger partial charge in [0.1, 0.15) is 23.4 Å². The van der Waals surface area contributed by atoms with Gasteiger partial charge in [0.2, 0.25) is 0 Å². The van der Waals surface area contributed by atoms with E-state index in [4.69, 9.17) is 5.26 Å². The first-order valence-electron chi connectivity index (χ1n) is 7.23. The highest BCUT2D eigenvalue weighted by Gasteiger charge is 2.31. The summed E-state index contributed by atoms with van der Waals surface area (Å²) in [6.45, 7) is 5.76. The van der Waals surface area contributed by atoms with Crippen molar-refractivity contribution in [3.8, 4) is 6.07 Å². The zero-order chi connectivity index (χ0) is 15.7. The maximum absolute atomic E-state index is 8.79. The average molecular weight is 294 g/mol. The highest BCUT2D eigenvalue weighted by Crippen LogP contribution is 2.25. The van der Waals surface area contributed by atoms with Crippen molar-refractivity contribution in [2.75, 3.05) is 29.9 Å². The molecule has 6 nitrogen and oxygen atoms in total. The van der Waals surface area contributed by atoms with E-state index in [0.29, 0.717) is 11.7 Å². The molecular formula is C16H18N6. The number of hydrogen-bond acceptors (Lipinski definition) is 6. The standard InChI is InChI=1S/C16H18N6/c1-11-6-16(20-12(2)19-11)22-9-15(10-22)21(3)14-5-4-13(7-17)18-8-14/h4-6,8,15H,9-10H2,1-3H3. The second-order valence-corrected chi connectivity index (χ2v) is 5.60. The molecule has 0 spiro atoms. The van der Waals surface area contributed by atoms with Crippen molar-refractivity contribution in [2.45, 2.75) is 19.9 Å². The lowest BCUT2D eigenvalue weighted by molar-refractivity contribution is 0.491. The van der Waals surface area contributed by atoms with Crippen molar-refractivity contribution in [3.63, 3.8) is 0 Å². The first kappa shape index (κ1) is 14.3. The van der Waals surface area contributed by atoms with Crippen molar-refractivity contribution < 1.29 is 0 Å². The summed E-state index contributed by atoms with van der Waals surface area (Å²) in [5.41, 5.74) is 2.47. The number of nitrogens with zero attached hydrogens (tertiary/aromatic N) is 6. The van der Waals surface area contributed by atoms with E-state index >= 15 is 0 Å². The summed E-state index contributed by atoms with van der Waals surface area (Å²) >= 11 is 0. The summed E-state index contributed by atoms with van der Waals surface area (Å²) in [4.78, 5) is 17.4. The lowest BCUT2D eigenvalue weighted by atomic mass is 10.1. The Hall–Kier alpha value is -2.68. The van der Waals surface area contributed by atoms with Crippen LogP contribution in [0, 0.1) is 25.2 Å². The monoisotopic (exact) mass is 294 g/mol. The molecule has 1 saturated heterocycles. The van der Waals surface area contributed by atoms with Gasteiger partial charge in [0.15, 0.2) is 0 Å². The molecule has 2 aromatic heterocycles. The molecule has 6 heteroatoms. The van der Waals surface area contributed by atoms with Crippen LogP contribution in [-0.2, 0) is 0 Å². The van der Waals surface area contributed by atoms with Crippen molar-refractivity contribution in [2.24, 2.45) is 0 Å². The smallest absolute Gasteiger partial charge is 0.140 e. The Morgan fingerprint density at radius 3 is 2.64 bits per heavy atom. The Balaban J connectivity index is 1.66. The van der Waals surface area contributed by atoms with Crippen molar-refractivity contribution in [1.82, 2.24) is 15.0 Å². The Kier molecular flexibility index (Phi) is 3.63. The number of hydrogen-bond donors (Lipinski definition) is 0. The molecular weight excluding hydrogens is 276 g/mol. The normalized spacial score (nSPS) is 14.4. The van der Waals surface area contributed by atoms with Crippen LogP contribution in [0.25, 0.3) is 0 Å². The number of nitriles is 1. The Morgan fingerprint density at radius 2 is 2.05 bits per heavy atom. The molecule has 3 heterocycles. The lowest BCUT2D eigenvalue weighted by Crippen LogP contribution is -2.59. The molecule has 0 aliphatic carbocycles. The topological polar surface area (TPSA) is 68.9 Å². The Morgan fingerprint density at radius 1 is 1.27 bits per heavy atom. The fourth-order valence-corrected chi connectivity index (χ4v) is 2.62. The molecule has 1 fully saturated rings. The van der Waals surface area contributed by atoms with Crippen LogP contribution in [0.5, 0.6) is 0 Å². The highest BCUT2D eigenvalue weighted by molar-refractivity contribution is 5.51. The largest absolute Gasteiger partial charge is 0.367 e. The molecule has 22 heavy (non-hydrogen) atoms. The zero-order valence-electron chi connectivity index (χ0n) is 13.0. The van der Waals surface area contributed by atoms with E-state index in [-0.39, 0.29) is 0 Å². The summed E-state index contributed by atoms with van der Waals surface area (Å²) in [5.74, 6) is 1.80. The molecule has 0 unspecified atom stereocenters. The first-order chi connectivity index (χ1) is 10.6. The van der Waals surface area contributed by atoms with Crippen LogP contribution in [-0.4, -0.2) is 41.1 Å². The summed E-state index contributed by atoms with van der Waals surface area (Å²) < 4.78 is 0. The number of aryl methyl sites for hydroxylation is 2. The number of aromatic nitrogens is 3. The van der Waals surface area contributed by atoms with Crippen LogP contribution in [0.2, 0.25) is 0 Å². The third-order valence-electron chi connectivity index (χ3n) is 3.96. The molecule has 0 radical (unpaired) electrons. The minimum absolute atomic E-state index is 0.422. The second-order valence-electron chi connectivity index (χ2n) is 5.60. The van der Waals surface area contributed by atoms with E-state index in [2.05, 4.69) is 31.8 Å². The Labute approximate surface area is 130 Å². The van der Waals surface area contributed by atoms with Gasteiger partial charge in [0.25, 0.3) is 0 Å². The van der Waals surface area contributed by atoms with Crippen LogP contribution < -0.4 is 9.80 Å². The van der Waals surface area contributed by atoms with Gasteiger partial charge in [-0.05, 0) is 26.0 Å². The maximum Gasteiger partial charge on any atom is 0.140 e. The molecule has 0 atom stereocenters. The predicted octanol–water partition coefficient (Wildman–Crippen LogP) is 1.69. The van der Waals surface area contributed by atoms with E-state index in [0.717, 1.165) is 36.1 Å². The van der Waals surface area contributed by atoms with Gasteiger partial charge in [-0.25, -0.2) is 15.0 Å². The lowest BCUT2D eigenvalue weighted by Gasteiger charge is -2.45. The quantitative estimate of drug-likeness (QED) is 0.858. The third kappa shape index (κ3) is 2.70. The molecule has 112 valence electrons. The molecule has 2 aromatic rings. The second kappa shape index (κ2) is 5.60. The molecule has 0 N–H and O–H groups in total. The molecule has 1 aliphatic rings. The van der Waals surface area contributed by atoms with Gasteiger partial charge >= 0.3 is 0 Å². The molecule has 1 aliphatic heterocycles. The van der Waals surface area contributed by atoms with E-state index < -0.39 is 0 Å². The van der Waals surface area contributed by atoms with Gasteiger partial charge in [0, 0.05) is 31.9 Å². The van der Waals surface area contributed by atoms with Crippen LogP contribution >= 0.6 is 0 Å². The molecule has 0 bridgehead atoms. The van der Waals surface area contributed by atoms with Crippen molar-refractivity contribution in [3.05, 3.63) is 41.6 Å². The molecule has 0 amide bonds. The van der Waals surface area contributed by atoms with E-state index in [9.17, 15) is 0 Å². The zero-order valence-corrected chi connectivity index (χ0v) is 13.0. The predicted molar refractivity (Wildman–Crippen MR) is 84.9 cm³/mol. The fraction of sp³-hybridized carbons (Fsp3) is 0.375. The third-order valence-corrected chi connectivity index (χ3v) is 3.96. The molecule has 0 saturated carbocycles. The van der Waals surface area contributed by atoms with E-state index in [1.807, 2.05) is 32.0 Å². The highest BCUT2D eigenvalue weighted by atomic mass is 15.3. The van der Waals surface area contributed by atoms with Gasteiger partial charge in [-0.1, -0.05) is 0 Å². The van der Waals surface area contributed by atoms with Crippen LogP contribution in [0.15, 0.2) is 24.4 Å². The number of anilines is 2. The summed E-state index contributed by atoms with van der Waals surface area (Å²) in [6, 6.07) is 8.17. The van der Waals surface area contributed by atoms with E-state index in [1.54, 1.807) is 12.3 Å². The van der Waals surface area contributed by atoms with Gasteiger partial charge in [-0.2, -0.15) is 5.26 Å². The number of likely N-dealkylation sites (N-methyl/N-ethyl adjacent to an activating group) is 1. The van der Waals surface area contributed by atoms with E-state index in [1.165, 1.54) is 0 Å². The summed E-state index contributed by atoms with van der Waals surface area (Å²) in [5, 5.41) is 8.79. The molecule has 3 rings (SSSR count). The Bertz CT molecular complexity index is 692. The maximum atomic E-state index is 8.79. The fourth-order valence-electron chi connectivity index (χ4n) is 2.62. The van der Waals surface area contributed by atoms with Gasteiger partial charge < -0.3 is 9.80 Å². The average Bonchev–Trinajstić information content (AvgIpc) is 2.44. The van der Waals surface area contributed by atoms with Gasteiger partial charge in [0.05, 0.1) is 17.9 Å². The van der Waals surface area contributed by atoms with Crippen molar-refractivity contribution >= 4 is 11.5 Å². The number of rotatable bonds is 3. The molecule has 0 aromatic carbocycles.